The van der Waals surface area contributed by atoms with Gasteiger partial charge >= 0.3 is 11.9 Å². The second-order valence-corrected chi connectivity index (χ2v) is 7.03. The van der Waals surface area contributed by atoms with Crippen molar-refractivity contribution in [3.8, 4) is 0 Å². The quantitative estimate of drug-likeness (QED) is 0.635. The third-order valence-electron chi connectivity index (χ3n) is 3.98. The van der Waals surface area contributed by atoms with Crippen LogP contribution in [0.15, 0.2) is 47.1 Å². The van der Waals surface area contributed by atoms with Crippen LogP contribution >= 0.6 is 11.8 Å². The number of esters is 2. The van der Waals surface area contributed by atoms with Crippen molar-refractivity contribution in [2.45, 2.75) is 23.0 Å². The third-order valence-corrected chi connectivity index (χ3v) is 5.30. The van der Waals surface area contributed by atoms with Crippen molar-refractivity contribution < 1.29 is 19.1 Å². The van der Waals surface area contributed by atoms with Gasteiger partial charge in [0.05, 0.1) is 23.7 Å². The molecule has 0 bridgehead atoms. The Bertz CT molecular complexity index is 610. The highest BCUT2D eigenvalue weighted by molar-refractivity contribution is 8.00. The molecule has 3 unspecified atom stereocenters. The van der Waals surface area contributed by atoms with Crippen LogP contribution in [-0.4, -0.2) is 23.8 Å². The van der Waals surface area contributed by atoms with Gasteiger partial charge in [-0.15, -0.1) is 11.8 Å². The van der Waals surface area contributed by atoms with Crippen LogP contribution in [0, 0.1) is 11.8 Å². The molecular weight excluding hydrogens is 288 g/mol. The van der Waals surface area contributed by atoms with E-state index in [1.807, 2.05) is 37.3 Å². The van der Waals surface area contributed by atoms with E-state index in [-0.39, 0.29) is 4.75 Å². The minimum Gasteiger partial charge on any atom is -0.500 e. The van der Waals surface area contributed by atoms with E-state index in [4.69, 9.17) is 9.47 Å². The van der Waals surface area contributed by atoms with Crippen molar-refractivity contribution in [2.75, 3.05) is 7.11 Å². The van der Waals surface area contributed by atoms with Gasteiger partial charge in [-0.05, 0) is 31.6 Å². The first kappa shape index (κ1) is 14.2. The van der Waals surface area contributed by atoms with Crippen LogP contribution in [-0.2, 0) is 19.1 Å². The predicted octanol–water partition coefficient (Wildman–Crippen LogP) is 2.79. The zero-order valence-corrected chi connectivity index (χ0v) is 12.7. The minimum atomic E-state index is -0.503. The average molecular weight is 304 g/mol. The van der Waals surface area contributed by atoms with E-state index in [2.05, 4.69) is 0 Å². The summed E-state index contributed by atoms with van der Waals surface area (Å²) in [6.07, 6.45) is 2.28. The molecule has 4 nitrogen and oxygen atoms in total. The smallest absolute Gasteiger partial charge is 0.321 e. The Kier molecular flexibility index (Phi) is 3.53. The van der Waals surface area contributed by atoms with Crippen molar-refractivity contribution in [1.29, 1.82) is 0 Å². The Labute approximate surface area is 127 Å². The minimum absolute atomic E-state index is 0.388. The summed E-state index contributed by atoms with van der Waals surface area (Å²) in [5.74, 6) is -1.07. The summed E-state index contributed by atoms with van der Waals surface area (Å²) in [4.78, 5) is 24.6. The van der Waals surface area contributed by atoms with Crippen molar-refractivity contribution >= 4 is 23.7 Å². The first-order chi connectivity index (χ1) is 10.0. The lowest BCUT2D eigenvalue weighted by molar-refractivity contribution is -0.153. The van der Waals surface area contributed by atoms with Crippen LogP contribution < -0.4 is 0 Å². The van der Waals surface area contributed by atoms with Gasteiger partial charge in [-0.2, -0.15) is 0 Å². The second kappa shape index (κ2) is 5.22. The number of fused-ring (bicyclic) bond motifs is 1. The monoisotopic (exact) mass is 304 g/mol. The maximum atomic E-state index is 11.8. The summed E-state index contributed by atoms with van der Waals surface area (Å²) in [5, 5.41) is 0. The largest absolute Gasteiger partial charge is 0.500 e. The first-order valence-electron chi connectivity index (χ1n) is 6.79. The number of hydrogen-bond donors (Lipinski definition) is 0. The lowest BCUT2D eigenvalue weighted by atomic mass is 9.79. The molecule has 0 aromatic heterocycles. The van der Waals surface area contributed by atoms with E-state index < -0.39 is 23.8 Å². The summed E-state index contributed by atoms with van der Waals surface area (Å²) in [7, 11) is 1.60. The van der Waals surface area contributed by atoms with Crippen LogP contribution in [0.5, 0.6) is 0 Å². The van der Waals surface area contributed by atoms with Crippen LogP contribution in [0.25, 0.3) is 0 Å². The topological polar surface area (TPSA) is 52.6 Å². The standard InChI is InChI=1S/C16H16O4S/c1-16(21-10-6-4-3-5-7-10)9-12-11(8-13(16)19-2)14(17)20-15(12)18/h3-8,11-12H,9H2,1-2H3. The highest BCUT2D eigenvalue weighted by Gasteiger charge is 2.52. The van der Waals surface area contributed by atoms with Crippen LogP contribution in [0.4, 0.5) is 0 Å². The van der Waals surface area contributed by atoms with Crippen molar-refractivity contribution in [3.63, 3.8) is 0 Å². The number of carbonyl (C=O) groups is 2. The molecule has 1 saturated heterocycles. The van der Waals surface area contributed by atoms with Gasteiger partial charge in [-0.25, -0.2) is 0 Å². The molecule has 1 aromatic rings. The Morgan fingerprint density at radius 3 is 2.62 bits per heavy atom. The maximum absolute atomic E-state index is 11.8. The number of methoxy groups -OCH3 is 1. The summed E-state index contributed by atoms with van der Waals surface area (Å²) in [6, 6.07) is 9.95. The second-order valence-electron chi connectivity index (χ2n) is 5.46. The van der Waals surface area contributed by atoms with Gasteiger partial charge in [0.1, 0.15) is 5.76 Å². The Morgan fingerprint density at radius 2 is 1.95 bits per heavy atom. The van der Waals surface area contributed by atoms with Gasteiger partial charge in [-0.3, -0.25) is 9.59 Å². The zero-order valence-electron chi connectivity index (χ0n) is 11.9. The fourth-order valence-electron chi connectivity index (χ4n) is 2.93. The molecule has 1 fully saturated rings. The molecule has 0 saturated carbocycles. The number of hydrogen-bond acceptors (Lipinski definition) is 5. The summed E-state index contributed by atoms with van der Waals surface area (Å²) >= 11 is 1.64. The predicted molar refractivity (Wildman–Crippen MR) is 78.5 cm³/mol. The molecule has 21 heavy (non-hydrogen) atoms. The maximum Gasteiger partial charge on any atom is 0.321 e. The van der Waals surface area contributed by atoms with E-state index in [1.54, 1.807) is 24.9 Å². The number of cyclic esters (lactones) is 2. The first-order valence-corrected chi connectivity index (χ1v) is 7.61. The Morgan fingerprint density at radius 1 is 1.24 bits per heavy atom. The van der Waals surface area contributed by atoms with Crippen molar-refractivity contribution in [2.24, 2.45) is 11.8 Å². The molecule has 2 aliphatic rings. The van der Waals surface area contributed by atoms with E-state index in [9.17, 15) is 9.59 Å². The molecule has 0 spiro atoms. The van der Waals surface area contributed by atoms with E-state index >= 15 is 0 Å². The molecule has 0 radical (unpaired) electrons. The van der Waals surface area contributed by atoms with E-state index in [1.165, 1.54) is 0 Å². The Balaban J connectivity index is 1.94. The molecule has 0 amide bonds. The highest BCUT2D eigenvalue weighted by atomic mass is 32.2. The molecule has 0 N–H and O–H groups in total. The average Bonchev–Trinajstić information content (AvgIpc) is 2.73. The number of rotatable bonds is 3. The molecular formula is C16H16O4S. The fraction of sp³-hybridized carbons (Fsp3) is 0.375. The van der Waals surface area contributed by atoms with Gasteiger partial charge in [0.15, 0.2) is 0 Å². The van der Waals surface area contributed by atoms with Gasteiger partial charge < -0.3 is 9.47 Å². The van der Waals surface area contributed by atoms with Crippen molar-refractivity contribution in [1.82, 2.24) is 0 Å². The summed E-state index contributed by atoms with van der Waals surface area (Å²) < 4.78 is 9.86. The summed E-state index contributed by atoms with van der Waals surface area (Å²) in [6.45, 7) is 2.03. The third kappa shape index (κ3) is 2.46. The van der Waals surface area contributed by atoms with Crippen molar-refractivity contribution in [3.05, 3.63) is 42.2 Å². The normalized spacial score (nSPS) is 31.4. The molecule has 1 aliphatic heterocycles. The fourth-order valence-corrected chi connectivity index (χ4v) is 4.26. The SMILES string of the molecule is COC1=CC2C(=O)OC(=O)C2CC1(C)Sc1ccccc1. The molecule has 3 rings (SSSR count). The van der Waals surface area contributed by atoms with Gasteiger partial charge in [0.2, 0.25) is 0 Å². The van der Waals surface area contributed by atoms with Gasteiger partial charge in [0, 0.05) is 4.90 Å². The highest BCUT2D eigenvalue weighted by Crippen LogP contribution is 2.49. The molecule has 110 valence electrons. The number of carbonyl (C=O) groups excluding carboxylic acids is 2. The van der Waals surface area contributed by atoms with Crippen LogP contribution in [0.2, 0.25) is 0 Å². The Hall–Kier alpha value is -1.75. The zero-order chi connectivity index (χ0) is 15.0. The number of benzene rings is 1. The lowest BCUT2D eigenvalue weighted by Gasteiger charge is -2.36. The molecule has 5 heteroatoms. The van der Waals surface area contributed by atoms with Gasteiger partial charge in [0.25, 0.3) is 0 Å². The number of thioether (sulfide) groups is 1. The molecule has 1 aliphatic carbocycles. The molecule has 1 aromatic carbocycles. The van der Waals surface area contributed by atoms with E-state index in [0.717, 1.165) is 10.7 Å². The lowest BCUT2D eigenvalue weighted by Crippen LogP contribution is -2.36. The summed E-state index contributed by atoms with van der Waals surface area (Å²) in [5.41, 5.74) is 0. The van der Waals surface area contributed by atoms with E-state index in [0.29, 0.717) is 6.42 Å². The molecule has 1 heterocycles. The molecule has 3 atom stereocenters. The number of ether oxygens (including phenoxy) is 2. The van der Waals surface area contributed by atoms with Crippen LogP contribution in [0.1, 0.15) is 13.3 Å². The van der Waals surface area contributed by atoms with Crippen LogP contribution in [0.3, 0.4) is 0 Å². The van der Waals surface area contributed by atoms with Gasteiger partial charge in [-0.1, -0.05) is 18.2 Å².